The van der Waals surface area contributed by atoms with Crippen molar-refractivity contribution >= 4 is 11.6 Å². The molecule has 3 nitrogen and oxygen atoms in total. The molecule has 0 aromatic heterocycles. The monoisotopic (exact) mass is 270 g/mol. The van der Waals surface area contributed by atoms with E-state index >= 15 is 0 Å². The molecule has 1 unspecified atom stereocenters. The van der Waals surface area contributed by atoms with Crippen LogP contribution in [-0.4, -0.2) is 37.7 Å². The number of nitrogens with two attached hydrogens (primary N) is 1. The third-order valence-corrected chi connectivity index (χ3v) is 3.98. The second-order valence-electron chi connectivity index (χ2n) is 5.10. The zero-order chi connectivity index (χ0) is 13.8. The van der Waals surface area contributed by atoms with Gasteiger partial charge in [0, 0.05) is 23.5 Å². The van der Waals surface area contributed by atoms with E-state index in [1.165, 1.54) is 0 Å². The van der Waals surface area contributed by atoms with Crippen LogP contribution in [0.1, 0.15) is 18.9 Å². The lowest BCUT2D eigenvalue weighted by Crippen LogP contribution is -2.48. The molecule has 1 aromatic carbocycles. The summed E-state index contributed by atoms with van der Waals surface area (Å²) >= 11 is 5.97. The summed E-state index contributed by atoms with van der Waals surface area (Å²) in [6, 6.07) is 5.71. The molecule has 4 heteroatoms. The summed E-state index contributed by atoms with van der Waals surface area (Å²) < 4.78 is 5.75. The molecule has 1 aromatic rings. The van der Waals surface area contributed by atoms with Gasteiger partial charge in [0.05, 0.1) is 6.61 Å². The van der Waals surface area contributed by atoms with Crippen molar-refractivity contribution in [2.24, 2.45) is 5.73 Å². The van der Waals surface area contributed by atoms with Crippen LogP contribution in [0.2, 0.25) is 5.02 Å². The van der Waals surface area contributed by atoms with Crippen molar-refractivity contribution in [1.82, 2.24) is 4.90 Å². The second kappa shape index (κ2) is 6.41. The Kier molecular flexibility index (Phi) is 5.45. The average molecular weight is 271 g/mol. The maximum atomic E-state index is 5.97. The molecule has 0 amide bonds. The van der Waals surface area contributed by atoms with E-state index in [2.05, 4.69) is 11.8 Å². The Morgan fingerprint density at radius 1 is 1.39 bits per heavy atom. The van der Waals surface area contributed by atoms with E-state index in [1.807, 2.05) is 39.2 Å². The van der Waals surface area contributed by atoms with E-state index in [9.17, 15) is 0 Å². The topological polar surface area (TPSA) is 38.5 Å². The van der Waals surface area contributed by atoms with Crippen LogP contribution in [0.3, 0.4) is 0 Å². The summed E-state index contributed by atoms with van der Waals surface area (Å²) in [5.74, 6) is 0.857. The summed E-state index contributed by atoms with van der Waals surface area (Å²) in [6.07, 6.45) is 0.887. The molecule has 0 aliphatic rings. The molecule has 0 saturated heterocycles. The van der Waals surface area contributed by atoms with Gasteiger partial charge < -0.3 is 15.4 Å². The van der Waals surface area contributed by atoms with E-state index in [0.717, 1.165) is 22.8 Å². The summed E-state index contributed by atoms with van der Waals surface area (Å²) in [7, 11) is 4.08. The Morgan fingerprint density at radius 2 is 2.06 bits per heavy atom. The van der Waals surface area contributed by atoms with Crippen LogP contribution >= 0.6 is 11.6 Å². The molecule has 0 saturated carbocycles. The van der Waals surface area contributed by atoms with Crippen molar-refractivity contribution in [3.8, 4) is 5.75 Å². The summed E-state index contributed by atoms with van der Waals surface area (Å²) in [5.41, 5.74) is 6.82. The molecular weight excluding hydrogens is 248 g/mol. The number of hydrogen-bond acceptors (Lipinski definition) is 3. The van der Waals surface area contributed by atoms with Gasteiger partial charge in [-0.2, -0.15) is 0 Å². The minimum absolute atomic E-state index is 0.0263. The lowest BCUT2D eigenvalue weighted by Gasteiger charge is -2.35. The first kappa shape index (κ1) is 15.3. The summed E-state index contributed by atoms with van der Waals surface area (Å²) in [4.78, 5) is 2.14. The van der Waals surface area contributed by atoms with Crippen LogP contribution in [-0.2, 0) is 0 Å². The highest BCUT2D eigenvalue weighted by atomic mass is 35.5. The Bertz CT molecular complexity index is 395. The van der Waals surface area contributed by atoms with Gasteiger partial charge in [-0.25, -0.2) is 0 Å². The molecule has 0 aliphatic carbocycles. The number of likely N-dealkylation sites (N-methyl/N-ethyl adjacent to an activating group) is 1. The number of rotatable bonds is 6. The number of ether oxygens (including phenoxy) is 1. The normalized spacial score (nSPS) is 14.6. The van der Waals surface area contributed by atoms with Crippen LogP contribution in [0, 0.1) is 6.92 Å². The predicted molar refractivity (Wildman–Crippen MR) is 77.4 cm³/mol. The lowest BCUT2D eigenvalue weighted by molar-refractivity contribution is 0.139. The van der Waals surface area contributed by atoms with Crippen molar-refractivity contribution in [2.45, 2.75) is 25.8 Å². The first-order valence-corrected chi connectivity index (χ1v) is 6.53. The third kappa shape index (κ3) is 3.87. The number of hydrogen-bond donors (Lipinski definition) is 1. The third-order valence-electron chi connectivity index (χ3n) is 3.56. The van der Waals surface area contributed by atoms with Crippen LogP contribution in [0.15, 0.2) is 18.2 Å². The van der Waals surface area contributed by atoms with Crippen LogP contribution in [0.5, 0.6) is 5.75 Å². The van der Waals surface area contributed by atoms with Gasteiger partial charge in [-0.3, -0.25) is 0 Å². The van der Waals surface area contributed by atoms with Crippen LogP contribution in [0.25, 0.3) is 0 Å². The zero-order valence-corrected chi connectivity index (χ0v) is 12.4. The molecule has 1 atom stereocenters. The lowest BCUT2D eigenvalue weighted by atomic mass is 9.97. The van der Waals surface area contributed by atoms with Crippen molar-refractivity contribution < 1.29 is 4.74 Å². The maximum Gasteiger partial charge on any atom is 0.119 e. The van der Waals surface area contributed by atoms with Gasteiger partial charge in [0.25, 0.3) is 0 Å². The number of halogens is 1. The Labute approximate surface area is 115 Å². The minimum atomic E-state index is -0.0263. The van der Waals surface area contributed by atoms with Gasteiger partial charge in [-0.15, -0.1) is 0 Å². The smallest absolute Gasteiger partial charge is 0.119 e. The van der Waals surface area contributed by atoms with Crippen molar-refractivity contribution in [3.05, 3.63) is 28.8 Å². The number of benzene rings is 1. The largest absolute Gasteiger partial charge is 0.494 e. The standard InChI is InChI=1S/C14H23ClN2O/c1-11-9-12(5-6-13(11)15)18-8-7-14(2,10-16)17(3)4/h5-6,9H,7-8,10,16H2,1-4H3. The fourth-order valence-corrected chi connectivity index (χ4v) is 1.72. The second-order valence-corrected chi connectivity index (χ2v) is 5.51. The number of nitrogens with zero attached hydrogens (tertiary/aromatic N) is 1. The molecule has 0 heterocycles. The molecule has 2 N–H and O–H groups in total. The molecule has 102 valence electrons. The van der Waals surface area contributed by atoms with E-state index in [0.29, 0.717) is 13.2 Å². The van der Waals surface area contributed by atoms with E-state index in [4.69, 9.17) is 22.1 Å². The number of aryl methyl sites for hydroxylation is 1. The van der Waals surface area contributed by atoms with Crippen LogP contribution in [0.4, 0.5) is 0 Å². The molecule has 0 spiro atoms. The average Bonchev–Trinajstić information content (AvgIpc) is 2.33. The Morgan fingerprint density at radius 3 is 2.56 bits per heavy atom. The first-order chi connectivity index (χ1) is 8.39. The van der Waals surface area contributed by atoms with E-state index in [-0.39, 0.29) is 5.54 Å². The quantitative estimate of drug-likeness (QED) is 0.864. The molecule has 0 bridgehead atoms. The van der Waals surface area contributed by atoms with Gasteiger partial charge in [-0.05, 0) is 51.7 Å². The van der Waals surface area contributed by atoms with Crippen molar-refractivity contribution in [1.29, 1.82) is 0 Å². The van der Waals surface area contributed by atoms with Crippen molar-refractivity contribution in [2.75, 3.05) is 27.2 Å². The van der Waals surface area contributed by atoms with Gasteiger partial charge in [0.1, 0.15) is 5.75 Å². The maximum absolute atomic E-state index is 5.97. The van der Waals surface area contributed by atoms with Gasteiger partial charge in [-0.1, -0.05) is 11.6 Å². The minimum Gasteiger partial charge on any atom is -0.494 e. The summed E-state index contributed by atoms with van der Waals surface area (Å²) in [6.45, 7) is 5.37. The first-order valence-electron chi connectivity index (χ1n) is 6.15. The highest BCUT2D eigenvalue weighted by molar-refractivity contribution is 6.31. The highest BCUT2D eigenvalue weighted by Gasteiger charge is 2.24. The SMILES string of the molecule is Cc1cc(OCCC(C)(CN)N(C)C)ccc1Cl. The van der Waals surface area contributed by atoms with E-state index < -0.39 is 0 Å². The molecular formula is C14H23ClN2O. The molecule has 18 heavy (non-hydrogen) atoms. The van der Waals surface area contributed by atoms with E-state index in [1.54, 1.807) is 0 Å². The fraction of sp³-hybridized carbons (Fsp3) is 0.571. The van der Waals surface area contributed by atoms with Gasteiger partial charge in [0.15, 0.2) is 0 Å². The predicted octanol–water partition coefficient (Wildman–Crippen LogP) is 2.70. The van der Waals surface area contributed by atoms with Crippen LogP contribution < -0.4 is 10.5 Å². The Hall–Kier alpha value is -0.770. The summed E-state index contributed by atoms with van der Waals surface area (Å²) in [5, 5.41) is 0.766. The van der Waals surface area contributed by atoms with Crippen molar-refractivity contribution in [3.63, 3.8) is 0 Å². The fourth-order valence-electron chi connectivity index (χ4n) is 1.60. The molecule has 0 radical (unpaired) electrons. The molecule has 0 fully saturated rings. The molecule has 0 aliphatic heterocycles. The highest BCUT2D eigenvalue weighted by Crippen LogP contribution is 2.22. The van der Waals surface area contributed by atoms with Gasteiger partial charge in [0.2, 0.25) is 0 Å². The zero-order valence-electron chi connectivity index (χ0n) is 11.7. The molecule has 1 rings (SSSR count). The van der Waals surface area contributed by atoms with Gasteiger partial charge >= 0.3 is 0 Å². The Balaban J connectivity index is 2.53.